The van der Waals surface area contributed by atoms with E-state index in [-0.39, 0.29) is 0 Å². The molecule has 1 aromatic heterocycles. The smallest absolute Gasteiger partial charge is 0.248 e. The van der Waals surface area contributed by atoms with E-state index in [4.69, 9.17) is 18.6 Å². The van der Waals surface area contributed by atoms with Gasteiger partial charge in [0.05, 0.1) is 25.3 Å². The normalized spacial score (nSPS) is 12.7. The number of hydrogen-bond acceptors (Lipinski definition) is 5. The highest BCUT2D eigenvalue weighted by Gasteiger charge is 2.32. The van der Waals surface area contributed by atoms with E-state index in [2.05, 4.69) is 12.1 Å². The predicted molar refractivity (Wildman–Crippen MR) is 113 cm³/mol. The number of nitrogens with zero attached hydrogens (tertiary/aromatic N) is 1. The van der Waals surface area contributed by atoms with Crippen molar-refractivity contribution in [2.24, 2.45) is 0 Å². The first-order chi connectivity index (χ1) is 14.2. The first-order valence-electron chi connectivity index (χ1n) is 9.46. The van der Waals surface area contributed by atoms with Crippen molar-refractivity contribution in [3.63, 3.8) is 0 Å². The van der Waals surface area contributed by atoms with Crippen molar-refractivity contribution >= 4 is 28.2 Å². The van der Waals surface area contributed by atoms with Crippen LogP contribution in [-0.2, 0) is 6.61 Å². The van der Waals surface area contributed by atoms with Crippen molar-refractivity contribution < 1.29 is 18.6 Å². The van der Waals surface area contributed by atoms with Crippen LogP contribution in [0.25, 0.3) is 11.0 Å². The highest BCUT2D eigenvalue weighted by molar-refractivity contribution is 5.96. The molecule has 29 heavy (non-hydrogen) atoms. The van der Waals surface area contributed by atoms with Crippen LogP contribution < -0.4 is 19.1 Å². The average Bonchev–Trinajstić information content (AvgIpc) is 3.03. The Morgan fingerprint density at radius 3 is 2.34 bits per heavy atom. The molecule has 4 aromatic rings. The quantitative estimate of drug-likeness (QED) is 0.424. The van der Waals surface area contributed by atoms with Crippen LogP contribution in [-0.4, -0.2) is 14.2 Å². The van der Waals surface area contributed by atoms with Gasteiger partial charge in [0.1, 0.15) is 29.4 Å². The Labute approximate surface area is 169 Å². The number of methoxy groups -OCH3 is 2. The lowest BCUT2D eigenvalue weighted by Gasteiger charge is -2.26. The number of rotatable bonds is 3. The molecule has 0 bridgehead atoms. The van der Waals surface area contributed by atoms with Gasteiger partial charge in [-0.25, -0.2) is 0 Å². The van der Waals surface area contributed by atoms with Gasteiger partial charge in [0.25, 0.3) is 0 Å². The minimum Gasteiger partial charge on any atom is -0.494 e. The standard InChI is InChI=1S/C24H21NO4/c1-15-12-20(26-2)22(21(13-15)27-3)25-18-10-6-4-8-16(18)14-28-23-17-9-5-7-11-19(17)29-24(23)25/h4-13H,14H2,1-3H3. The van der Waals surface area contributed by atoms with E-state index in [0.717, 1.165) is 33.5 Å². The van der Waals surface area contributed by atoms with Gasteiger partial charge in [0.15, 0.2) is 5.75 Å². The van der Waals surface area contributed by atoms with E-state index in [1.165, 1.54) is 0 Å². The third kappa shape index (κ3) is 2.70. The summed E-state index contributed by atoms with van der Waals surface area (Å²) >= 11 is 0. The van der Waals surface area contributed by atoms with Crippen molar-refractivity contribution in [3.8, 4) is 17.2 Å². The van der Waals surface area contributed by atoms with E-state index < -0.39 is 0 Å². The molecule has 1 aliphatic rings. The monoisotopic (exact) mass is 387 g/mol. The van der Waals surface area contributed by atoms with Crippen molar-refractivity contribution in [2.45, 2.75) is 13.5 Å². The Bertz CT molecular complexity index is 1190. The fourth-order valence-corrected chi connectivity index (χ4v) is 3.87. The summed E-state index contributed by atoms with van der Waals surface area (Å²) in [5.41, 5.74) is 4.61. The molecule has 0 radical (unpaired) electrons. The minimum atomic E-state index is 0.444. The SMILES string of the molecule is COc1cc(C)cc(OC)c1N1c2ccccc2COc2c1oc1ccccc21. The maximum Gasteiger partial charge on any atom is 0.248 e. The molecular weight excluding hydrogens is 366 g/mol. The molecule has 0 spiro atoms. The maximum absolute atomic E-state index is 6.31. The fraction of sp³-hybridized carbons (Fsp3) is 0.167. The summed E-state index contributed by atoms with van der Waals surface area (Å²) in [6.07, 6.45) is 0. The van der Waals surface area contributed by atoms with Crippen LogP contribution in [0.2, 0.25) is 0 Å². The maximum atomic E-state index is 6.31. The Balaban J connectivity index is 1.88. The molecule has 3 aromatic carbocycles. The Kier molecular flexibility index (Phi) is 4.09. The molecule has 5 heteroatoms. The lowest BCUT2D eigenvalue weighted by molar-refractivity contribution is 0.311. The number of para-hydroxylation sites is 2. The molecule has 0 N–H and O–H groups in total. The third-order valence-corrected chi connectivity index (χ3v) is 5.19. The number of benzene rings is 3. The Morgan fingerprint density at radius 1 is 0.897 bits per heavy atom. The summed E-state index contributed by atoms with van der Waals surface area (Å²) in [7, 11) is 3.33. The average molecular weight is 387 g/mol. The van der Waals surface area contributed by atoms with E-state index in [0.29, 0.717) is 29.7 Å². The number of fused-ring (bicyclic) bond motifs is 4. The van der Waals surface area contributed by atoms with E-state index in [9.17, 15) is 0 Å². The predicted octanol–water partition coefficient (Wildman–Crippen LogP) is 6.12. The van der Waals surface area contributed by atoms with Crippen molar-refractivity contribution in [3.05, 3.63) is 71.8 Å². The lowest BCUT2D eigenvalue weighted by Crippen LogP contribution is -2.13. The summed E-state index contributed by atoms with van der Waals surface area (Å²) in [5, 5.41) is 0.936. The first kappa shape index (κ1) is 17.5. The van der Waals surface area contributed by atoms with Gasteiger partial charge in [0.2, 0.25) is 5.88 Å². The molecule has 2 heterocycles. The lowest BCUT2D eigenvalue weighted by atomic mass is 10.1. The highest BCUT2D eigenvalue weighted by Crippen LogP contribution is 2.54. The highest BCUT2D eigenvalue weighted by atomic mass is 16.5. The molecule has 0 aliphatic carbocycles. The van der Waals surface area contributed by atoms with Crippen molar-refractivity contribution in [2.75, 3.05) is 19.1 Å². The molecule has 0 amide bonds. The number of furan rings is 1. The molecule has 0 saturated carbocycles. The molecular formula is C24H21NO4. The summed E-state index contributed by atoms with van der Waals surface area (Å²) < 4.78 is 24.1. The van der Waals surface area contributed by atoms with Crippen LogP contribution in [0.5, 0.6) is 17.2 Å². The van der Waals surface area contributed by atoms with Crippen molar-refractivity contribution in [1.29, 1.82) is 0 Å². The zero-order valence-electron chi connectivity index (χ0n) is 16.6. The molecule has 5 rings (SSSR count). The van der Waals surface area contributed by atoms with E-state index >= 15 is 0 Å². The summed E-state index contributed by atoms with van der Waals surface area (Å²) in [6.45, 7) is 2.46. The van der Waals surface area contributed by atoms with Crippen molar-refractivity contribution in [1.82, 2.24) is 0 Å². The third-order valence-electron chi connectivity index (χ3n) is 5.19. The second kappa shape index (κ2) is 6.78. The fourth-order valence-electron chi connectivity index (χ4n) is 3.87. The van der Waals surface area contributed by atoms with Crippen LogP contribution in [0, 0.1) is 6.92 Å². The van der Waals surface area contributed by atoms with Gasteiger partial charge in [0, 0.05) is 5.56 Å². The van der Waals surface area contributed by atoms with Gasteiger partial charge in [-0.05, 0) is 42.8 Å². The molecule has 0 fully saturated rings. The first-order valence-corrected chi connectivity index (χ1v) is 9.46. The van der Waals surface area contributed by atoms with Gasteiger partial charge in [-0.2, -0.15) is 0 Å². The second-order valence-electron chi connectivity index (χ2n) is 7.00. The summed E-state index contributed by atoms with van der Waals surface area (Å²) in [5.74, 6) is 2.72. The summed E-state index contributed by atoms with van der Waals surface area (Å²) in [4.78, 5) is 2.04. The van der Waals surface area contributed by atoms with Gasteiger partial charge < -0.3 is 18.6 Å². The number of anilines is 3. The van der Waals surface area contributed by atoms with Crippen LogP contribution >= 0.6 is 0 Å². The van der Waals surface area contributed by atoms with Gasteiger partial charge in [-0.15, -0.1) is 0 Å². The van der Waals surface area contributed by atoms with Crippen LogP contribution in [0.4, 0.5) is 17.3 Å². The zero-order valence-corrected chi connectivity index (χ0v) is 16.6. The van der Waals surface area contributed by atoms with Gasteiger partial charge in [-0.3, -0.25) is 4.90 Å². The van der Waals surface area contributed by atoms with E-state index in [1.807, 2.05) is 60.4 Å². The molecule has 1 aliphatic heterocycles. The Hall–Kier alpha value is -3.60. The Morgan fingerprint density at radius 2 is 1.59 bits per heavy atom. The van der Waals surface area contributed by atoms with Gasteiger partial charge in [-0.1, -0.05) is 30.3 Å². The minimum absolute atomic E-state index is 0.444. The number of aryl methyl sites for hydroxylation is 1. The zero-order chi connectivity index (χ0) is 20.0. The van der Waals surface area contributed by atoms with Crippen LogP contribution in [0.15, 0.2) is 65.1 Å². The van der Waals surface area contributed by atoms with Crippen LogP contribution in [0.1, 0.15) is 11.1 Å². The molecule has 5 nitrogen and oxygen atoms in total. The summed E-state index contributed by atoms with van der Waals surface area (Å²) in [6, 6.07) is 20.0. The van der Waals surface area contributed by atoms with Gasteiger partial charge >= 0.3 is 0 Å². The van der Waals surface area contributed by atoms with Crippen LogP contribution in [0.3, 0.4) is 0 Å². The topological polar surface area (TPSA) is 44.1 Å². The van der Waals surface area contributed by atoms with E-state index in [1.54, 1.807) is 14.2 Å². The molecule has 0 atom stereocenters. The molecule has 0 saturated heterocycles. The molecule has 146 valence electrons. The number of hydrogen-bond donors (Lipinski definition) is 0. The number of ether oxygens (including phenoxy) is 3. The largest absolute Gasteiger partial charge is 0.494 e. The second-order valence-corrected chi connectivity index (χ2v) is 7.00. The molecule has 0 unspecified atom stereocenters.